The number of aromatic nitrogens is 1. The molecule has 0 spiro atoms. The van der Waals surface area contributed by atoms with E-state index in [9.17, 15) is 9.18 Å². The molecule has 3 rings (SSSR count). The van der Waals surface area contributed by atoms with Gasteiger partial charge in [0.1, 0.15) is 24.0 Å². The molecule has 4 nitrogen and oxygen atoms in total. The van der Waals surface area contributed by atoms with Gasteiger partial charge in [-0.1, -0.05) is 42.5 Å². The minimum atomic E-state index is -0.482. The van der Waals surface area contributed by atoms with Gasteiger partial charge in [-0.2, -0.15) is 0 Å². The lowest BCUT2D eigenvalue weighted by Crippen LogP contribution is -2.01. The topological polar surface area (TPSA) is 51.2 Å². The van der Waals surface area contributed by atoms with Gasteiger partial charge < -0.3 is 10.1 Å². The van der Waals surface area contributed by atoms with Crippen molar-refractivity contribution in [2.24, 2.45) is 0 Å². The maximum Gasteiger partial charge on any atom is 0.212 e. The van der Waals surface area contributed by atoms with Crippen LogP contribution >= 0.6 is 0 Å². The van der Waals surface area contributed by atoms with Crippen molar-refractivity contribution >= 4 is 12.2 Å². The van der Waals surface area contributed by atoms with E-state index >= 15 is 0 Å². The highest BCUT2D eigenvalue weighted by Gasteiger charge is 2.13. The first-order valence-corrected chi connectivity index (χ1v) is 7.81. The summed E-state index contributed by atoms with van der Waals surface area (Å²) in [5.41, 5.74) is 2.96. The van der Waals surface area contributed by atoms with Gasteiger partial charge in [-0.3, -0.25) is 4.79 Å². The van der Waals surface area contributed by atoms with E-state index in [0.29, 0.717) is 29.9 Å². The first-order chi connectivity index (χ1) is 12.2. The number of carbonyl (C=O) groups is 1. The van der Waals surface area contributed by atoms with E-state index in [2.05, 4.69) is 10.3 Å². The third-order valence-corrected chi connectivity index (χ3v) is 3.73. The first-order valence-electron chi connectivity index (χ1n) is 7.81. The number of halogens is 1. The number of nitrogens with zero attached hydrogens (tertiary/aromatic N) is 1. The summed E-state index contributed by atoms with van der Waals surface area (Å²) in [4.78, 5) is 14.4. The second-order valence-electron chi connectivity index (χ2n) is 5.59. The number of rotatable bonds is 6. The van der Waals surface area contributed by atoms with Crippen molar-refractivity contribution in [2.45, 2.75) is 13.5 Å². The van der Waals surface area contributed by atoms with Crippen molar-refractivity contribution in [1.82, 2.24) is 4.98 Å². The van der Waals surface area contributed by atoms with Crippen LogP contribution in [0.3, 0.4) is 0 Å². The quantitative estimate of drug-likeness (QED) is 0.681. The van der Waals surface area contributed by atoms with Crippen LogP contribution in [-0.4, -0.2) is 11.4 Å². The molecule has 126 valence electrons. The van der Waals surface area contributed by atoms with Crippen molar-refractivity contribution in [2.75, 3.05) is 5.32 Å². The number of amides is 1. The molecule has 1 N–H and O–H groups in total. The fourth-order valence-corrected chi connectivity index (χ4v) is 2.49. The molecule has 25 heavy (non-hydrogen) atoms. The van der Waals surface area contributed by atoms with E-state index in [1.165, 1.54) is 6.07 Å². The molecule has 5 heteroatoms. The smallest absolute Gasteiger partial charge is 0.212 e. The number of hydrogen-bond donors (Lipinski definition) is 1. The van der Waals surface area contributed by atoms with E-state index < -0.39 is 5.82 Å². The molecule has 1 heterocycles. The zero-order valence-electron chi connectivity index (χ0n) is 13.7. The Morgan fingerprint density at radius 3 is 2.68 bits per heavy atom. The highest BCUT2D eigenvalue weighted by Crippen LogP contribution is 2.34. The minimum Gasteiger partial charge on any atom is -0.488 e. The number of pyridine rings is 1. The Labute approximate surface area is 145 Å². The summed E-state index contributed by atoms with van der Waals surface area (Å²) in [6.45, 7) is 2.32. The molecule has 0 radical (unpaired) electrons. The molecule has 0 unspecified atom stereocenters. The third kappa shape index (κ3) is 4.01. The van der Waals surface area contributed by atoms with Crippen molar-refractivity contribution in [1.29, 1.82) is 0 Å². The van der Waals surface area contributed by atoms with E-state index in [-0.39, 0.29) is 5.82 Å². The Bertz CT molecular complexity index is 882. The fraction of sp³-hybridized carbons (Fsp3) is 0.100. The zero-order chi connectivity index (χ0) is 17.6. The van der Waals surface area contributed by atoms with Gasteiger partial charge in [0.15, 0.2) is 0 Å². The molecule has 0 aliphatic heterocycles. The molecule has 0 aliphatic rings. The summed E-state index contributed by atoms with van der Waals surface area (Å²) in [5.74, 6) is 0.372. The summed E-state index contributed by atoms with van der Waals surface area (Å²) in [7, 11) is 0. The molecule has 0 bridgehead atoms. The molecular formula is C20H17FN2O2. The number of carbonyl (C=O) groups excluding carboxylic acids is 1. The van der Waals surface area contributed by atoms with Crippen molar-refractivity contribution in [3.63, 3.8) is 0 Å². The van der Waals surface area contributed by atoms with E-state index in [4.69, 9.17) is 4.74 Å². The zero-order valence-corrected chi connectivity index (χ0v) is 13.7. The summed E-state index contributed by atoms with van der Waals surface area (Å²) >= 11 is 0. The number of hydrogen-bond acceptors (Lipinski definition) is 3. The maximum absolute atomic E-state index is 14.3. The highest BCUT2D eigenvalue weighted by molar-refractivity contribution is 5.76. The predicted octanol–water partition coefficient (Wildman–Crippen LogP) is 4.34. The van der Waals surface area contributed by atoms with Crippen LogP contribution in [-0.2, 0) is 11.4 Å². The largest absolute Gasteiger partial charge is 0.488 e. The summed E-state index contributed by atoms with van der Waals surface area (Å²) in [6.07, 6.45) is 1.59. The van der Waals surface area contributed by atoms with Gasteiger partial charge in [-0.15, -0.1) is 0 Å². The number of nitrogens with one attached hydrogen (secondary N) is 1. The summed E-state index contributed by atoms with van der Waals surface area (Å²) < 4.78 is 20.2. The molecule has 1 aromatic heterocycles. The fourth-order valence-electron chi connectivity index (χ4n) is 2.49. The number of ether oxygens (including phenoxy) is 1. The molecule has 0 atom stereocenters. The molecule has 0 aliphatic carbocycles. The van der Waals surface area contributed by atoms with Crippen LogP contribution < -0.4 is 10.1 Å². The van der Waals surface area contributed by atoms with E-state index in [0.717, 1.165) is 17.3 Å². The molecule has 2 aromatic carbocycles. The Kier molecular flexibility index (Phi) is 5.04. The van der Waals surface area contributed by atoms with Gasteiger partial charge in [-0.25, -0.2) is 9.37 Å². The monoisotopic (exact) mass is 336 g/mol. The Morgan fingerprint density at radius 1 is 1.12 bits per heavy atom. The van der Waals surface area contributed by atoms with Gasteiger partial charge in [0, 0.05) is 11.1 Å². The molecular weight excluding hydrogens is 319 g/mol. The first kappa shape index (κ1) is 16.6. The lowest BCUT2D eigenvalue weighted by molar-refractivity contribution is -0.105. The third-order valence-electron chi connectivity index (χ3n) is 3.73. The SMILES string of the molecule is Cc1ccc(-c2cc(NC=O)ncc2F)c(OCc2ccccc2)c1. The van der Waals surface area contributed by atoms with Crippen LogP contribution in [0.5, 0.6) is 5.75 Å². The standard InChI is InChI=1S/C20H17FN2O2/c1-14-7-8-16(17-10-20(23-13-24)22-11-18(17)21)19(9-14)25-12-15-5-3-2-4-6-15/h2-11,13H,12H2,1H3,(H,22,23,24). The van der Waals surface area contributed by atoms with Crippen molar-refractivity contribution < 1.29 is 13.9 Å². The van der Waals surface area contributed by atoms with Crippen LogP contribution in [0.4, 0.5) is 10.2 Å². The van der Waals surface area contributed by atoms with Crippen LogP contribution in [0.1, 0.15) is 11.1 Å². The van der Waals surface area contributed by atoms with Crippen molar-refractivity contribution in [3.8, 4) is 16.9 Å². The van der Waals surface area contributed by atoms with Crippen LogP contribution in [0.25, 0.3) is 11.1 Å². The van der Waals surface area contributed by atoms with Gasteiger partial charge in [-0.05, 0) is 30.2 Å². The van der Waals surface area contributed by atoms with Gasteiger partial charge in [0.2, 0.25) is 6.41 Å². The normalized spacial score (nSPS) is 10.3. The van der Waals surface area contributed by atoms with Gasteiger partial charge >= 0.3 is 0 Å². The average molecular weight is 336 g/mol. The van der Waals surface area contributed by atoms with Gasteiger partial charge in [0.25, 0.3) is 0 Å². The number of benzene rings is 2. The lowest BCUT2D eigenvalue weighted by Gasteiger charge is -2.14. The maximum atomic E-state index is 14.3. The van der Waals surface area contributed by atoms with Crippen LogP contribution in [0, 0.1) is 12.7 Å². The van der Waals surface area contributed by atoms with Crippen molar-refractivity contribution in [3.05, 3.63) is 77.7 Å². The number of anilines is 1. The molecule has 0 saturated carbocycles. The summed E-state index contributed by atoms with van der Waals surface area (Å²) in [6, 6.07) is 16.8. The van der Waals surface area contributed by atoms with E-state index in [1.54, 1.807) is 6.07 Å². The van der Waals surface area contributed by atoms with Gasteiger partial charge in [0.05, 0.1) is 6.20 Å². The Hall–Kier alpha value is -3.21. The Morgan fingerprint density at radius 2 is 1.92 bits per heavy atom. The second kappa shape index (κ2) is 7.57. The average Bonchev–Trinajstić information content (AvgIpc) is 2.63. The Balaban J connectivity index is 1.96. The molecule has 3 aromatic rings. The summed E-state index contributed by atoms with van der Waals surface area (Å²) in [5, 5.41) is 2.43. The molecule has 0 saturated heterocycles. The van der Waals surface area contributed by atoms with Crippen LogP contribution in [0.2, 0.25) is 0 Å². The molecule has 0 fully saturated rings. The minimum absolute atomic E-state index is 0.279. The highest BCUT2D eigenvalue weighted by atomic mass is 19.1. The second-order valence-corrected chi connectivity index (χ2v) is 5.59. The number of aryl methyl sites for hydroxylation is 1. The predicted molar refractivity (Wildman–Crippen MR) is 94.8 cm³/mol. The lowest BCUT2D eigenvalue weighted by atomic mass is 10.0. The van der Waals surface area contributed by atoms with Crippen LogP contribution in [0.15, 0.2) is 60.8 Å². The van der Waals surface area contributed by atoms with E-state index in [1.807, 2.05) is 49.4 Å². The molecule has 1 amide bonds.